The fourth-order valence-electron chi connectivity index (χ4n) is 1.26. The second-order valence-corrected chi connectivity index (χ2v) is 3.93. The number of anilines is 1. The minimum absolute atomic E-state index is 0.0968. The van der Waals surface area contributed by atoms with Crippen molar-refractivity contribution in [2.24, 2.45) is 0 Å². The summed E-state index contributed by atoms with van der Waals surface area (Å²) in [5.74, 6) is -0.219. The molecule has 1 heterocycles. The van der Waals surface area contributed by atoms with E-state index in [4.69, 9.17) is 5.73 Å². The Bertz CT molecular complexity index is 399. The second-order valence-electron chi connectivity index (χ2n) is 3.93. The van der Waals surface area contributed by atoms with Gasteiger partial charge in [-0.15, -0.1) is 0 Å². The number of hydrogen-bond acceptors (Lipinski definition) is 4. The third kappa shape index (κ3) is 4.13. The minimum atomic E-state index is -0.339. The molecule has 94 valence electrons. The fourth-order valence-corrected chi connectivity index (χ4v) is 1.26. The van der Waals surface area contributed by atoms with E-state index >= 15 is 0 Å². The first kappa shape index (κ1) is 13.0. The highest BCUT2D eigenvalue weighted by Crippen LogP contribution is 2.04. The number of rotatable bonds is 5. The first-order valence-electron chi connectivity index (χ1n) is 5.37. The van der Waals surface area contributed by atoms with Crippen molar-refractivity contribution in [1.29, 1.82) is 0 Å². The van der Waals surface area contributed by atoms with Crippen LogP contribution in [0.5, 0.6) is 0 Å². The number of nitrogens with one attached hydrogen (secondary N) is 3. The largest absolute Gasteiger partial charge is 0.383 e. The van der Waals surface area contributed by atoms with Crippen LogP contribution in [0.4, 0.5) is 5.82 Å². The molecule has 1 aromatic rings. The van der Waals surface area contributed by atoms with E-state index in [0.717, 1.165) is 0 Å². The van der Waals surface area contributed by atoms with Crippen LogP contribution in [0.2, 0.25) is 0 Å². The zero-order valence-electron chi connectivity index (χ0n) is 9.91. The summed E-state index contributed by atoms with van der Waals surface area (Å²) in [4.78, 5) is 22.8. The summed E-state index contributed by atoms with van der Waals surface area (Å²) in [5.41, 5.74) is 5.77. The van der Waals surface area contributed by atoms with Crippen molar-refractivity contribution in [3.05, 3.63) is 11.8 Å². The smallest absolute Gasteiger partial charge is 0.256 e. The van der Waals surface area contributed by atoms with E-state index in [1.54, 1.807) is 0 Å². The Morgan fingerprint density at radius 1 is 1.53 bits per heavy atom. The molecule has 0 unspecified atom stereocenters. The first-order valence-corrected chi connectivity index (χ1v) is 5.37. The average molecular weight is 239 g/mol. The highest BCUT2D eigenvalue weighted by Gasteiger charge is 2.11. The number of carbonyl (C=O) groups excluding carboxylic acids is 2. The molecule has 1 aromatic heterocycles. The van der Waals surface area contributed by atoms with Gasteiger partial charge in [-0.25, -0.2) is 0 Å². The van der Waals surface area contributed by atoms with E-state index in [9.17, 15) is 9.59 Å². The van der Waals surface area contributed by atoms with Crippen molar-refractivity contribution < 1.29 is 9.59 Å². The van der Waals surface area contributed by atoms with Crippen LogP contribution in [0.1, 0.15) is 30.6 Å². The van der Waals surface area contributed by atoms with Gasteiger partial charge in [0.2, 0.25) is 5.91 Å². The van der Waals surface area contributed by atoms with E-state index in [1.807, 2.05) is 13.8 Å². The molecule has 0 spiro atoms. The van der Waals surface area contributed by atoms with Gasteiger partial charge in [-0.2, -0.15) is 5.10 Å². The van der Waals surface area contributed by atoms with Gasteiger partial charge in [0.1, 0.15) is 11.4 Å². The van der Waals surface area contributed by atoms with Crippen molar-refractivity contribution in [3.63, 3.8) is 0 Å². The summed E-state index contributed by atoms with van der Waals surface area (Å²) in [6.07, 6.45) is 1.58. The van der Waals surface area contributed by atoms with Gasteiger partial charge in [-0.1, -0.05) is 0 Å². The van der Waals surface area contributed by atoms with Gasteiger partial charge in [-0.3, -0.25) is 14.7 Å². The first-order chi connectivity index (χ1) is 8.00. The van der Waals surface area contributed by atoms with Gasteiger partial charge in [0, 0.05) is 19.0 Å². The van der Waals surface area contributed by atoms with Crippen LogP contribution < -0.4 is 16.4 Å². The summed E-state index contributed by atoms with van der Waals surface area (Å²) >= 11 is 0. The molecule has 2 amide bonds. The summed E-state index contributed by atoms with van der Waals surface area (Å²) in [6.45, 7) is 4.02. The summed E-state index contributed by atoms with van der Waals surface area (Å²) in [5, 5.41) is 11.4. The van der Waals surface area contributed by atoms with Crippen LogP contribution in [0.15, 0.2) is 6.20 Å². The molecule has 5 N–H and O–H groups in total. The lowest BCUT2D eigenvalue weighted by Gasteiger charge is -2.08. The van der Waals surface area contributed by atoms with Gasteiger partial charge in [-0.05, 0) is 13.8 Å². The lowest BCUT2D eigenvalue weighted by atomic mass is 10.3. The number of aromatic amines is 1. The molecule has 0 aliphatic heterocycles. The Labute approximate surface area is 99.1 Å². The molecule has 7 heteroatoms. The maximum absolute atomic E-state index is 11.5. The topological polar surface area (TPSA) is 113 Å². The predicted octanol–water partition coefficient (Wildman–Crippen LogP) is -0.364. The van der Waals surface area contributed by atoms with Crippen LogP contribution in [-0.2, 0) is 4.79 Å². The van der Waals surface area contributed by atoms with Crippen molar-refractivity contribution in [2.45, 2.75) is 26.3 Å². The van der Waals surface area contributed by atoms with Gasteiger partial charge >= 0.3 is 0 Å². The van der Waals surface area contributed by atoms with Crippen molar-refractivity contribution in [1.82, 2.24) is 20.8 Å². The molecule has 1 rings (SSSR count). The van der Waals surface area contributed by atoms with Crippen molar-refractivity contribution in [2.75, 3.05) is 12.3 Å². The fraction of sp³-hybridized carbons (Fsp3) is 0.500. The van der Waals surface area contributed by atoms with Crippen LogP contribution in [-0.4, -0.2) is 34.6 Å². The van der Waals surface area contributed by atoms with Crippen LogP contribution in [0, 0.1) is 0 Å². The van der Waals surface area contributed by atoms with E-state index in [1.165, 1.54) is 6.20 Å². The highest BCUT2D eigenvalue weighted by atomic mass is 16.2. The molecule has 0 saturated carbocycles. The lowest BCUT2D eigenvalue weighted by molar-refractivity contribution is -0.121. The molecule has 0 radical (unpaired) electrons. The molecule has 17 heavy (non-hydrogen) atoms. The molecule has 7 nitrogen and oxygen atoms in total. The Morgan fingerprint density at radius 3 is 2.76 bits per heavy atom. The van der Waals surface area contributed by atoms with E-state index in [-0.39, 0.29) is 42.2 Å². The summed E-state index contributed by atoms with van der Waals surface area (Å²) in [6, 6.07) is 0.0997. The van der Waals surface area contributed by atoms with Gasteiger partial charge in [0.15, 0.2) is 0 Å². The van der Waals surface area contributed by atoms with Gasteiger partial charge in [0.05, 0.1) is 6.20 Å². The normalized spacial score (nSPS) is 10.3. The van der Waals surface area contributed by atoms with E-state index < -0.39 is 0 Å². The Morgan fingerprint density at radius 2 is 2.24 bits per heavy atom. The van der Waals surface area contributed by atoms with Gasteiger partial charge < -0.3 is 16.4 Å². The number of aromatic nitrogens is 2. The maximum Gasteiger partial charge on any atom is 0.256 e. The summed E-state index contributed by atoms with van der Waals surface area (Å²) < 4.78 is 0. The quantitative estimate of drug-likeness (QED) is 0.561. The molecule has 0 aliphatic carbocycles. The van der Waals surface area contributed by atoms with Gasteiger partial charge in [0.25, 0.3) is 5.91 Å². The molecule has 0 fully saturated rings. The number of nitrogens with zero attached hydrogens (tertiary/aromatic N) is 1. The molecular weight excluding hydrogens is 222 g/mol. The van der Waals surface area contributed by atoms with Crippen molar-refractivity contribution in [3.8, 4) is 0 Å². The van der Waals surface area contributed by atoms with Crippen LogP contribution >= 0.6 is 0 Å². The summed E-state index contributed by atoms with van der Waals surface area (Å²) in [7, 11) is 0. The number of hydrogen-bond donors (Lipinski definition) is 4. The van der Waals surface area contributed by atoms with Crippen LogP contribution in [0.25, 0.3) is 0 Å². The average Bonchev–Trinajstić information content (AvgIpc) is 2.63. The second kappa shape index (κ2) is 5.88. The van der Waals surface area contributed by atoms with E-state index in [0.29, 0.717) is 0 Å². The standard InChI is InChI=1S/C10H17N5O2/c1-6(2)14-8(16)3-4-12-10(17)7-5-13-15-9(7)11/h5-6H,3-4H2,1-2H3,(H,12,17)(H,14,16)(H3,11,13,15). The van der Waals surface area contributed by atoms with Crippen molar-refractivity contribution >= 4 is 17.6 Å². The molecule has 0 aromatic carbocycles. The Balaban J connectivity index is 2.30. The number of carbonyl (C=O) groups is 2. The zero-order valence-corrected chi connectivity index (χ0v) is 9.91. The SMILES string of the molecule is CC(C)NC(=O)CCNC(=O)c1cn[nH]c1N. The third-order valence-corrected chi connectivity index (χ3v) is 2.00. The number of H-pyrrole nitrogens is 1. The number of amides is 2. The number of nitrogens with two attached hydrogens (primary N) is 1. The monoisotopic (exact) mass is 239 g/mol. The Kier molecular flexibility index (Phi) is 4.50. The molecule has 0 aliphatic rings. The Hall–Kier alpha value is -2.05. The molecule has 0 saturated heterocycles. The molecule has 0 atom stereocenters. The lowest BCUT2D eigenvalue weighted by Crippen LogP contribution is -2.34. The minimum Gasteiger partial charge on any atom is -0.383 e. The highest BCUT2D eigenvalue weighted by molar-refractivity contribution is 5.98. The van der Waals surface area contributed by atoms with E-state index in [2.05, 4.69) is 20.8 Å². The number of nitrogen functional groups attached to an aromatic ring is 1. The maximum atomic E-state index is 11.5. The molecular formula is C10H17N5O2. The zero-order chi connectivity index (χ0) is 12.8. The third-order valence-electron chi connectivity index (χ3n) is 2.00. The predicted molar refractivity (Wildman–Crippen MR) is 63.2 cm³/mol. The molecule has 0 bridgehead atoms. The van der Waals surface area contributed by atoms with Crippen LogP contribution in [0.3, 0.4) is 0 Å².